The van der Waals surface area contributed by atoms with Crippen LogP contribution in [0, 0.1) is 0 Å². The first-order chi connectivity index (χ1) is 14.1. The minimum absolute atomic E-state index is 0.0393. The average Bonchev–Trinajstić information content (AvgIpc) is 3.01. The molecule has 0 radical (unpaired) electrons. The molecule has 2 aromatic carbocycles. The van der Waals surface area contributed by atoms with Crippen LogP contribution < -0.4 is 4.74 Å². The van der Waals surface area contributed by atoms with Crippen LogP contribution >= 0.6 is 27.7 Å². The number of ether oxygens (including phenoxy) is 1. The lowest BCUT2D eigenvalue weighted by atomic mass is 10.1. The van der Waals surface area contributed by atoms with Crippen molar-refractivity contribution >= 4 is 39.5 Å². The van der Waals surface area contributed by atoms with E-state index in [0.717, 1.165) is 21.5 Å². The first-order valence-corrected chi connectivity index (χ1v) is 11.4. The van der Waals surface area contributed by atoms with Crippen molar-refractivity contribution < 1.29 is 14.3 Å². The first-order valence-electron chi connectivity index (χ1n) is 9.67. The molecule has 0 N–H and O–H groups in total. The number of hydrogen-bond donors (Lipinski definition) is 0. The number of methoxy groups -OCH3 is 1. The Balaban J connectivity index is 1.50. The molecule has 1 heterocycles. The van der Waals surface area contributed by atoms with Gasteiger partial charge in [0.25, 0.3) is 5.91 Å². The van der Waals surface area contributed by atoms with E-state index >= 15 is 0 Å². The van der Waals surface area contributed by atoms with Gasteiger partial charge in [0, 0.05) is 47.7 Å². The maximum atomic E-state index is 12.9. The molecular weight excluding hydrogens is 452 g/mol. The standard InChI is InChI=1S/C22H25BrN2O3S/c1-28-20-6-3-2-5-19(20)22(27)25-13-4-12-24(14-15-25)21(26)11-16-29-18-9-7-17(23)8-10-18/h2-3,5-10H,4,11-16H2,1H3. The van der Waals surface area contributed by atoms with Gasteiger partial charge in [-0.15, -0.1) is 11.8 Å². The Labute approximate surface area is 184 Å². The van der Waals surface area contributed by atoms with Crippen LogP contribution in [0.25, 0.3) is 0 Å². The highest BCUT2D eigenvalue weighted by molar-refractivity contribution is 9.10. The topological polar surface area (TPSA) is 49.9 Å². The third-order valence-electron chi connectivity index (χ3n) is 4.87. The van der Waals surface area contributed by atoms with E-state index in [9.17, 15) is 9.59 Å². The molecule has 0 unspecified atom stereocenters. The molecule has 0 aliphatic carbocycles. The Kier molecular flexibility index (Phi) is 8.00. The van der Waals surface area contributed by atoms with Crippen molar-refractivity contribution in [1.29, 1.82) is 0 Å². The van der Waals surface area contributed by atoms with Crippen LogP contribution in [0.5, 0.6) is 5.75 Å². The normalized spacial score (nSPS) is 14.4. The van der Waals surface area contributed by atoms with Gasteiger partial charge in [0.1, 0.15) is 5.75 Å². The lowest BCUT2D eigenvalue weighted by Crippen LogP contribution is -2.37. The van der Waals surface area contributed by atoms with Crippen molar-refractivity contribution in [1.82, 2.24) is 9.80 Å². The summed E-state index contributed by atoms with van der Waals surface area (Å²) < 4.78 is 6.37. The van der Waals surface area contributed by atoms with Gasteiger partial charge in [0.15, 0.2) is 0 Å². The first kappa shape index (κ1) is 21.7. The van der Waals surface area contributed by atoms with Crippen LogP contribution in [0.3, 0.4) is 0 Å². The molecule has 2 aromatic rings. The van der Waals surface area contributed by atoms with E-state index in [1.54, 1.807) is 31.0 Å². The van der Waals surface area contributed by atoms with E-state index in [0.29, 0.717) is 43.9 Å². The molecule has 3 rings (SSSR count). The Morgan fingerprint density at radius 2 is 1.69 bits per heavy atom. The quantitative estimate of drug-likeness (QED) is 0.582. The molecule has 0 bridgehead atoms. The number of amides is 2. The molecular formula is C22H25BrN2O3S. The predicted molar refractivity (Wildman–Crippen MR) is 120 cm³/mol. The second-order valence-corrected chi connectivity index (χ2v) is 8.86. The summed E-state index contributed by atoms with van der Waals surface area (Å²) in [5, 5.41) is 0. The van der Waals surface area contributed by atoms with Crippen LogP contribution in [-0.4, -0.2) is 60.7 Å². The summed E-state index contributed by atoms with van der Waals surface area (Å²) >= 11 is 5.12. The average molecular weight is 477 g/mol. The number of benzene rings is 2. The molecule has 1 aliphatic rings. The minimum atomic E-state index is -0.0393. The van der Waals surface area contributed by atoms with Gasteiger partial charge in [-0.05, 0) is 42.8 Å². The van der Waals surface area contributed by atoms with Crippen molar-refractivity contribution in [3.05, 3.63) is 58.6 Å². The molecule has 2 amide bonds. The van der Waals surface area contributed by atoms with Gasteiger partial charge in [-0.3, -0.25) is 9.59 Å². The van der Waals surface area contributed by atoms with Crippen LogP contribution in [0.15, 0.2) is 57.9 Å². The molecule has 0 aromatic heterocycles. The van der Waals surface area contributed by atoms with E-state index in [4.69, 9.17) is 4.74 Å². The molecule has 0 atom stereocenters. The van der Waals surface area contributed by atoms with Crippen molar-refractivity contribution in [3.63, 3.8) is 0 Å². The molecule has 7 heteroatoms. The number of thioether (sulfide) groups is 1. The number of nitrogens with zero attached hydrogens (tertiary/aromatic N) is 2. The van der Waals surface area contributed by atoms with Gasteiger partial charge < -0.3 is 14.5 Å². The van der Waals surface area contributed by atoms with Gasteiger partial charge in [0.05, 0.1) is 12.7 Å². The summed E-state index contributed by atoms with van der Waals surface area (Å²) in [5.74, 6) is 1.45. The molecule has 1 fully saturated rings. The Morgan fingerprint density at radius 1 is 1.00 bits per heavy atom. The lowest BCUT2D eigenvalue weighted by molar-refractivity contribution is -0.130. The van der Waals surface area contributed by atoms with E-state index in [1.165, 1.54) is 0 Å². The van der Waals surface area contributed by atoms with Gasteiger partial charge in [-0.25, -0.2) is 0 Å². The second kappa shape index (κ2) is 10.7. The van der Waals surface area contributed by atoms with Crippen molar-refractivity contribution in [2.75, 3.05) is 39.0 Å². The summed E-state index contributed by atoms with van der Waals surface area (Å²) in [5.41, 5.74) is 0.570. The number of rotatable bonds is 6. The zero-order valence-electron chi connectivity index (χ0n) is 16.5. The molecule has 1 aliphatic heterocycles. The fourth-order valence-corrected chi connectivity index (χ4v) is 4.41. The van der Waals surface area contributed by atoms with E-state index < -0.39 is 0 Å². The highest BCUT2D eigenvalue weighted by Crippen LogP contribution is 2.22. The number of hydrogen-bond acceptors (Lipinski definition) is 4. The summed E-state index contributed by atoms with van der Waals surface area (Å²) in [6.45, 7) is 2.46. The number of carbonyl (C=O) groups is 2. The SMILES string of the molecule is COc1ccccc1C(=O)N1CCCN(C(=O)CCSc2ccc(Br)cc2)CC1. The largest absolute Gasteiger partial charge is 0.496 e. The van der Waals surface area contributed by atoms with Crippen molar-refractivity contribution in [2.24, 2.45) is 0 Å². The Bertz CT molecular complexity index is 844. The van der Waals surface area contributed by atoms with Gasteiger partial charge in [0.2, 0.25) is 5.91 Å². The minimum Gasteiger partial charge on any atom is -0.496 e. The monoisotopic (exact) mass is 476 g/mol. The summed E-state index contributed by atoms with van der Waals surface area (Å²) in [6.07, 6.45) is 1.29. The molecule has 0 spiro atoms. The Hall–Kier alpha value is -1.99. The fourth-order valence-electron chi connectivity index (χ4n) is 3.31. The third-order valence-corrected chi connectivity index (χ3v) is 6.41. The van der Waals surface area contributed by atoms with Crippen LogP contribution in [0.4, 0.5) is 0 Å². The predicted octanol–water partition coefficient (Wildman–Crippen LogP) is 4.31. The maximum absolute atomic E-state index is 12.9. The highest BCUT2D eigenvalue weighted by atomic mass is 79.9. The molecule has 154 valence electrons. The van der Waals surface area contributed by atoms with Gasteiger partial charge >= 0.3 is 0 Å². The Morgan fingerprint density at radius 3 is 2.45 bits per heavy atom. The van der Waals surface area contributed by atoms with Gasteiger partial charge in [-0.2, -0.15) is 0 Å². The fraction of sp³-hybridized carbons (Fsp3) is 0.364. The van der Waals surface area contributed by atoms with E-state index in [1.807, 2.05) is 46.2 Å². The number of para-hydroxylation sites is 1. The van der Waals surface area contributed by atoms with E-state index in [-0.39, 0.29) is 11.8 Å². The van der Waals surface area contributed by atoms with Crippen molar-refractivity contribution in [2.45, 2.75) is 17.7 Å². The molecule has 1 saturated heterocycles. The van der Waals surface area contributed by atoms with Crippen LogP contribution in [-0.2, 0) is 4.79 Å². The van der Waals surface area contributed by atoms with Crippen molar-refractivity contribution in [3.8, 4) is 5.75 Å². The van der Waals surface area contributed by atoms with Gasteiger partial charge in [-0.1, -0.05) is 28.1 Å². The number of halogens is 1. The molecule has 29 heavy (non-hydrogen) atoms. The van der Waals surface area contributed by atoms with Crippen LogP contribution in [0.1, 0.15) is 23.2 Å². The lowest BCUT2D eigenvalue weighted by Gasteiger charge is -2.23. The summed E-state index contributed by atoms with van der Waals surface area (Å²) in [6, 6.07) is 15.4. The highest BCUT2D eigenvalue weighted by Gasteiger charge is 2.24. The van der Waals surface area contributed by atoms with E-state index in [2.05, 4.69) is 15.9 Å². The third kappa shape index (κ3) is 6.00. The zero-order chi connectivity index (χ0) is 20.6. The second-order valence-electron chi connectivity index (χ2n) is 6.78. The summed E-state index contributed by atoms with van der Waals surface area (Å²) in [7, 11) is 1.57. The number of carbonyl (C=O) groups excluding carboxylic acids is 2. The smallest absolute Gasteiger partial charge is 0.257 e. The summed E-state index contributed by atoms with van der Waals surface area (Å²) in [4.78, 5) is 30.4. The van der Waals surface area contributed by atoms with Crippen LogP contribution in [0.2, 0.25) is 0 Å². The molecule has 0 saturated carbocycles. The molecule has 5 nitrogen and oxygen atoms in total. The zero-order valence-corrected chi connectivity index (χ0v) is 18.9. The maximum Gasteiger partial charge on any atom is 0.257 e.